The molecular weight excluding hydrogens is 394 g/mol. The highest BCUT2D eigenvalue weighted by atomic mass is 16.6. The number of carbonyl (C=O) groups is 2. The second-order valence-electron chi connectivity index (χ2n) is 10.2. The van der Waals surface area contributed by atoms with Gasteiger partial charge in [-0.3, -0.25) is 9.48 Å². The fraction of sp³-hybridized carbons (Fsp3) is 0.783. The van der Waals surface area contributed by atoms with E-state index < -0.39 is 5.60 Å². The Morgan fingerprint density at radius 3 is 2.52 bits per heavy atom. The summed E-state index contributed by atoms with van der Waals surface area (Å²) in [5.41, 5.74) is 0.176. The monoisotopic (exact) mass is 433 g/mol. The molecule has 0 saturated carbocycles. The van der Waals surface area contributed by atoms with Crippen LogP contribution in [0.3, 0.4) is 0 Å². The van der Waals surface area contributed by atoms with Gasteiger partial charge in [-0.15, -0.1) is 0 Å². The number of rotatable bonds is 0. The van der Waals surface area contributed by atoms with Gasteiger partial charge in [-0.2, -0.15) is 5.10 Å². The lowest BCUT2D eigenvalue weighted by Crippen LogP contribution is -2.49. The first-order valence-corrected chi connectivity index (χ1v) is 11.6. The van der Waals surface area contributed by atoms with Gasteiger partial charge in [0, 0.05) is 39.4 Å². The number of aromatic nitrogens is 2. The molecule has 0 aromatic carbocycles. The van der Waals surface area contributed by atoms with Gasteiger partial charge in [0.05, 0.1) is 11.8 Å². The number of nitrogens with one attached hydrogen (secondary N) is 1. The maximum Gasteiger partial charge on any atom is 0.410 e. The van der Waals surface area contributed by atoms with Gasteiger partial charge in [0.2, 0.25) is 0 Å². The predicted octanol–water partition coefficient (Wildman–Crippen LogP) is 3.14. The highest BCUT2D eigenvalue weighted by molar-refractivity contribution is 5.93. The molecular formula is C23H39N5O3. The van der Waals surface area contributed by atoms with Crippen molar-refractivity contribution in [1.29, 1.82) is 0 Å². The highest BCUT2D eigenvalue weighted by Crippen LogP contribution is 2.37. The highest BCUT2D eigenvalue weighted by Gasteiger charge is 2.38. The summed E-state index contributed by atoms with van der Waals surface area (Å²) >= 11 is 0. The zero-order valence-corrected chi connectivity index (χ0v) is 19.7. The molecule has 0 atom stereocenters. The van der Waals surface area contributed by atoms with Crippen LogP contribution in [0.2, 0.25) is 0 Å². The Bertz CT molecular complexity index is 747. The van der Waals surface area contributed by atoms with E-state index in [0.717, 1.165) is 58.2 Å². The van der Waals surface area contributed by atoms with Crippen molar-refractivity contribution in [3.8, 4) is 0 Å². The average molecular weight is 434 g/mol. The van der Waals surface area contributed by atoms with Crippen molar-refractivity contribution in [1.82, 2.24) is 24.9 Å². The standard InChI is InChI=1S/C23H39N5O3/c1-22(2,3)31-21(30)27-14-9-23(10-15-27)8-7-12-24-11-5-6-13-28-17-19(16-25-28)20(29)26(4)18-23/h16-17,24H,5-15,18H2,1-4H3. The van der Waals surface area contributed by atoms with Crippen molar-refractivity contribution in [2.24, 2.45) is 5.41 Å². The maximum atomic E-state index is 13.0. The van der Waals surface area contributed by atoms with Crippen LogP contribution < -0.4 is 5.32 Å². The van der Waals surface area contributed by atoms with Crippen LogP contribution in [-0.2, 0) is 11.3 Å². The molecule has 174 valence electrons. The Morgan fingerprint density at radius 2 is 1.81 bits per heavy atom. The lowest BCUT2D eigenvalue weighted by atomic mass is 9.74. The number of likely N-dealkylation sites (tertiary alicyclic amines) is 1. The Morgan fingerprint density at radius 1 is 1.10 bits per heavy atom. The number of hydrogen-bond acceptors (Lipinski definition) is 5. The quantitative estimate of drug-likeness (QED) is 0.680. The Hall–Kier alpha value is -2.09. The van der Waals surface area contributed by atoms with Crippen LogP contribution in [0.25, 0.3) is 0 Å². The molecule has 2 amide bonds. The normalized spacial score (nSPS) is 21.5. The zero-order chi connectivity index (χ0) is 22.5. The van der Waals surface area contributed by atoms with Crippen LogP contribution in [0, 0.1) is 5.41 Å². The molecule has 2 aliphatic heterocycles. The van der Waals surface area contributed by atoms with Crippen molar-refractivity contribution in [2.45, 2.75) is 71.4 Å². The Kier molecular flexibility index (Phi) is 7.62. The molecule has 31 heavy (non-hydrogen) atoms. The second kappa shape index (κ2) is 10.0. The van der Waals surface area contributed by atoms with Crippen LogP contribution in [0.1, 0.15) is 69.7 Å². The SMILES string of the molecule is CN1CC2(CCCNCCCCn3cc(cn3)C1=O)CCN(C(=O)OC(C)(C)C)CC2. The third-order valence-corrected chi connectivity index (χ3v) is 6.33. The smallest absolute Gasteiger partial charge is 0.410 e. The molecule has 3 heterocycles. The zero-order valence-electron chi connectivity index (χ0n) is 19.7. The molecule has 8 heteroatoms. The van der Waals surface area contributed by atoms with Gasteiger partial charge in [0.1, 0.15) is 5.60 Å². The largest absolute Gasteiger partial charge is 0.444 e. The van der Waals surface area contributed by atoms with Crippen molar-refractivity contribution < 1.29 is 14.3 Å². The van der Waals surface area contributed by atoms with E-state index in [4.69, 9.17) is 4.74 Å². The summed E-state index contributed by atoms with van der Waals surface area (Å²) in [7, 11) is 1.89. The summed E-state index contributed by atoms with van der Waals surface area (Å²) in [6.07, 6.45) is 9.32. The van der Waals surface area contributed by atoms with Crippen molar-refractivity contribution >= 4 is 12.0 Å². The minimum absolute atomic E-state index is 0.0147. The van der Waals surface area contributed by atoms with E-state index in [0.29, 0.717) is 25.2 Å². The molecule has 1 saturated heterocycles. The molecule has 1 fully saturated rings. The number of nitrogens with zero attached hydrogens (tertiary/aromatic N) is 4. The first-order valence-electron chi connectivity index (χ1n) is 11.6. The first kappa shape index (κ1) is 23.6. The van der Waals surface area contributed by atoms with Crippen molar-refractivity contribution in [3.05, 3.63) is 18.0 Å². The summed E-state index contributed by atoms with van der Waals surface area (Å²) in [6.45, 7) is 10.5. The molecule has 0 aliphatic carbocycles. The average Bonchev–Trinajstić information content (AvgIpc) is 3.16. The second-order valence-corrected chi connectivity index (χ2v) is 10.2. The lowest BCUT2D eigenvalue weighted by Gasteiger charge is -2.44. The van der Waals surface area contributed by atoms with Gasteiger partial charge in [0.25, 0.3) is 5.91 Å². The summed E-state index contributed by atoms with van der Waals surface area (Å²) in [6, 6.07) is 0. The number of amides is 2. The van der Waals surface area contributed by atoms with Crippen molar-refractivity contribution in [2.75, 3.05) is 39.8 Å². The molecule has 1 N–H and O–H groups in total. The van der Waals surface area contributed by atoms with Crippen LogP contribution >= 0.6 is 0 Å². The predicted molar refractivity (Wildman–Crippen MR) is 120 cm³/mol. The summed E-state index contributed by atoms with van der Waals surface area (Å²) < 4.78 is 7.43. The molecule has 3 rings (SSSR count). The van der Waals surface area contributed by atoms with E-state index in [1.54, 1.807) is 6.20 Å². The van der Waals surface area contributed by atoms with E-state index in [9.17, 15) is 9.59 Å². The van der Waals surface area contributed by atoms with Gasteiger partial charge < -0.3 is 19.9 Å². The molecule has 0 unspecified atom stereocenters. The number of fused-ring (bicyclic) bond motifs is 2. The first-order chi connectivity index (χ1) is 14.7. The molecule has 1 aromatic heterocycles. The molecule has 1 aromatic rings. The number of carbonyl (C=O) groups excluding carboxylic acids is 2. The topological polar surface area (TPSA) is 79.7 Å². The summed E-state index contributed by atoms with van der Waals surface area (Å²) in [5, 5.41) is 7.92. The van der Waals surface area contributed by atoms with Crippen LogP contribution in [-0.4, -0.2) is 77.0 Å². The number of ether oxygens (including phenoxy) is 1. The Labute approximate surface area is 186 Å². The van der Waals surface area contributed by atoms with Crippen LogP contribution in [0.15, 0.2) is 12.4 Å². The van der Waals surface area contributed by atoms with Gasteiger partial charge in [-0.25, -0.2) is 4.79 Å². The van der Waals surface area contributed by atoms with E-state index in [2.05, 4.69) is 10.4 Å². The van der Waals surface area contributed by atoms with E-state index >= 15 is 0 Å². The van der Waals surface area contributed by atoms with Crippen LogP contribution in [0.4, 0.5) is 4.79 Å². The maximum absolute atomic E-state index is 13.0. The third-order valence-electron chi connectivity index (χ3n) is 6.33. The molecule has 8 nitrogen and oxygen atoms in total. The fourth-order valence-electron chi connectivity index (χ4n) is 4.61. The van der Waals surface area contributed by atoms with Crippen molar-refractivity contribution in [3.63, 3.8) is 0 Å². The fourth-order valence-corrected chi connectivity index (χ4v) is 4.61. The third kappa shape index (κ3) is 6.69. The van der Waals surface area contributed by atoms with Crippen LogP contribution in [0.5, 0.6) is 0 Å². The Balaban J connectivity index is 1.69. The summed E-state index contributed by atoms with van der Waals surface area (Å²) in [4.78, 5) is 29.2. The minimum atomic E-state index is -0.488. The number of hydrogen-bond donors (Lipinski definition) is 1. The molecule has 2 bridgehead atoms. The van der Waals surface area contributed by atoms with Gasteiger partial charge in [-0.1, -0.05) is 0 Å². The van der Waals surface area contributed by atoms with Gasteiger partial charge >= 0.3 is 6.09 Å². The van der Waals surface area contributed by atoms with E-state index in [1.807, 2.05) is 48.5 Å². The van der Waals surface area contributed by atoms with E-state index in [1.165, 1.54) is 0 Å². The van der Waals surface area contributed by atoms with Gasteiger partial charge in [0.15, 0.2) is 0 Å². The number of aryl methyl sites for hydroxylation is 1. The van der Waals surface area contributed by atoms with E-state index in [-0.39, 0.29) is 17.4 Å². The molecule has 0 radical (unpaired) electrons. The number of piperidine rings is 1. The molecule has 2 aliphatic rings. The molecule has 1 spiro atoms. The lowest BCUT2D eigenvalue weighted by molar-refractivity contribution is 0.00380. The van der Waals surface area contributed by atoms with Gasteiger partial charge in [-0.05, 0) is 77.8 Å². The minimum Gasteiger partial charge on any atom is -0.444 e. The summed E-state index contributed by atoms with van der Waals surface area (Å²) in [5.74, 6) is 0.0215.